The molecule has 1 heterocycles. The molecule has 0 fully saturated rings. The molecule has 1 atom stereocenters. The van der Waals surface area contributed by atoms with Gasteiger partial charge in [0, 0.05) is 6.04 Å². The van der Waals surface area contributed by atoms with E-state index in [9.17, 15) is 0 Å². The maximum atomic E-state index is 5.78. The Morgan fingerprint density at radius 3 is 2.65 bits per heavy atom. The van der Waals surface area contributed by atoms with Crippen LogP contribution in [0.4, 0.5) is 0 Å². The van der Waals surface area contributed by atoms with Gasteiger partial charge in [-0.2, -0.15) is 11.8 Å². The quantitative estimate of drug-likeness (QED) is 0.840. The van der Waals surface area contributed by atoms with E-state index in [2.05, 4.69) is 62.7 Å². The number of nitrogens with one attached hydrogen (secondary N) is 1. The van der Waals surface area contributed by atoms with Crippen molar-refractivity contribution in [1.29, 1.82) is 0 Å². The van der Waals surface area contributed by atoms with Crippen LogP contribution in [-0.4, -0.2) is 6.26 Å². The SMILES string of the molecule is CSCc1ccc(CNC(C)c2cc(C)ccc2C)o1. The fourth-order valence-electron chi connectivity index (χ4n) is 2.33. The van der Waals surface area contributed by atoms with Crippen molar-refractivity contribution in [2.24, 2.45) is 0 Å². The van der Waals surface area contributed by atoms with Gasteiger partial charge in [-0.15, -0.1) is 0 Å². The van der Waals surface area contributed by atoms with Crippen molar-refractivity contribution in [2.75, 3.05) is 6.26 Å². The predicted octanol–water partition coefficient (Wildman–Crippen LogP) is 4.61. The van der Waals surface area contributed by atoms with Crippen LogP contribution in [0.15, 0.2) is 34.7 Å². The number of hydrogen-bond donors (Lipinski definition) is 1. The Bertz CT molecular complexity index is 562. The van der Waals surface area contributed by atoms with Crippen LogP contribution < -0.4 is 5.32 Å². The molecule has 2 rings (SSSR count). The highest BCUT2D eigenvalue weighted by atomic mass is 32.2. The van der Waals surface area contributed by atoms with Gasteiger partial charge in [0.1, 0.15) is 11.5 Å². The van der Waals surface area contributed by atoms with E-state index in [0.29, 0.717) is 6.04 Å². The average Bonchev–Trinajstić information content (AvgIpc) is 2.87. The predicted molar refractivity (Wildman–Crippen MR) is 87.1 cm³/mol. The topological polar surface area (TPSA) is 25.2 Å². The second-order valence-electron chi connectivity index (χ2n) is 5.26. The number of furan rings is 1. The van der Waals surface area contributed by atoms with Crippen molar-refractivity contribution in [1.82, 2.24) is 5.32 Å². The molecule has 0 saturated heterocycles. The zero-order valence-electron chi connectivity index (χ0n) is 12.7. The molecule has 0 aliphatic rings. The Balaban J connectivity index is 1.97. The van der Waals surface area contributed by atoms with Gasteiger partial charge in [-0.05, 0) is 50.3 Å². The van der Waals surface area contributed by atoms with Gasteiger partial charge >= 0.3 is 0 Å². The first kappa shape index (κ1) is 15.2. The summed E-state index contributed by atoms with van der Waals surface area (Å²) in [5, 5.41) is 3.54. The number of hydrogen-bond acceptors (Lipinski definition) is 3. The summed E-state index contributed by atoms with van der Waals surface area (Å²) in [6, 6.07) is 11.1. The molecule has 0 aliphatic heterocycles. The summed E-state index contributed by atoms with van der Waals surface area (Å²) in [4.78, 5) is 0. The van der Waals surface area contributed by atoms with Crippen molar-refractivity contribution in [3.63, 3.8) is 0 Å². The third kappa shape index (κ3) is 3.90. The van der Waals surface area contributed by atoms with Crippen molar-refractivity contribution in [3.05, 3.63) is 58.5 Å². The van der Waals surface area contributed by atoms with Crippen LogP contribution in [0.2, 0.25) is 0 Å². The van der Waals surface area contributed by atoms with Crippen LogP contribution in [0.5, 0.6) is 0 Å². The van der Waals surface area contributed by atoms with Gasteiger partial charge < -0.3 is 9.73 Å². The lowest BCUT2D eigenvalue weighted by molar-refractivity contribution is 0.442. The summed E-state index contributed by atoms with van der Waals surface area (Å²) in [5.74, 6) is 2.99. The van der Waals surface area contributed by atoms with Gasteiger partial charge in [-0.1, -0.05) is 23.8 Å². The van der Waals surface area contributed by atoms with E-state index in [1.54, 1.807) is 11.8 Å². The Morgan fingerprint density at radius 1 is 1.15 bits per heavy atom. The molecule has 1 aromatic heterocycles. The smallest absolute Gasteiger partial charge is 0.118 e. The third-order valence-corrected chi connectivity index (χ3v) is 4.06. The fourth-order valence-corrected chi connectivity index (χ4v) is 2.77. The number of rotatable bonds is 6. The lowest BCUT2D eigenvalue weighted by atomic mass is 10.00. The molecule has 20 heavy (non-hydrogen) atoms. The molecular weight excluding hydrogens is 266 g/mol. The summed E-state index contributed by atoms with van der Waals surface area (Å²) >= 11 is 1.78. The minimum absolute atomic E-state index is 0.323. The van der Waals surface area contributed by atoms with Gasteiger partial charge in [0.25, 0.3) is 0 Å². The van der Waals surface area contributed by atoms with Gasteiger partial charge in [-0.3, -0.25) is 0 Å². The van der Waals surface area contributed by atoms with Crippen molar-refractivity contribution < 1.29 is 4.42 Å². The fraction of sp³-hybridized carbons (Fsp3) is 0.412. The summed E-state index contributed by atoms with van der Waals surface area (Å²) in [7, 11) is 0. The molecule has 1 N–H and O–H groups in total. The van der Waals surface area contributed by atoms with Crippen LogP contribution in [0.1, 0.15) is 41.2 Å². The first-order valence-electron chi connectivity index (χ1n) is 6.97. The standard InChI is InChI=1S/C17H23NOS/c1-12-5-6-13(2)17(9-12)14(3)18-10-15-7-8-16(19-15)11-20-4/h5-9,14,18H,10-11H2,1-4H3. The summed E-state index contributed by atoms with van der Waals surface area (Å²) in [6.07, 6.45) is 2.09. The van der Waals surface area contributed by atoms with Gasteiger partial charge in [0.15, 0.2) is 0 Å². The molecule has 0 radical (unpaired) electrons. The highest BCUT2D eigenvalue weighted by molar-refractivity contribution is 7.97. The van der Waals surface area contributed by atoms with E-state index in [0.717, 1.165) is 23.8 Å². The lowest BCUT2D eigenvalue weighted by Gasteiger charge is -2.16. The Hall–Kier alpha value is -1.19. The second-order valence-corrected chi connectivity index (χ2v) is 6.13. The maximum absolute atomic E-state index is 5.78. The summed E-state index contributed by atoms with van der Waals surface area (Å²) in [5.41, 5.74) is 4.00. The molecule has 1 aromatic carbocycles. The highest BCUT2D eigenvalue weighted by Gasteiger charge is 2.09. The Labute approximate surface area is 126 Å². The number of thioether (sulfide) groups is 1. The van der Waals surface area contributed by atoms with Crippen LogP contribution in [0.3, 0.4) is 0 Å². The molecule has 2 nitrogen and oxygen atoms in total. The number of aryl methyl sites for hydroxylation is 2. The molecule has 3 heteroatoms. The Kier molecular flexibility index (Phi) is 5.32. The average molecular weight is 289 g/mol. The van der Waals surface area contributed by atoms with Crippen molar-refractivity contribution in [2.45, 2.75) is 39.1 Å². The van der Waals surface area contributed by atoms with Crippen molar-refractivity contribution in [3.8, 4) is 0 Å². The van der Waals surface area contributed by atoms with E-state index in [4.69, 9.17) is 4.42 Å². The first-order chi connectivity index (χ1) is 9.60. The van der Waals surface area contributed by atoms with Crippen LogP contribution in [0.25, 0.3) is 0 Å². The highest BCUT2D eigenvalue weighted by Crippen LogP contribution is 2.20. The molecule has 108 valence electrons. The molecule has 0 saturated carbocycles. The molecule has 0 amide bonds. The first-order valence-corrected chi connectivity index (χ1v) is 8.36. The second kappa shape index (κ2) is 7.00. The molecule has 1 unspecified atom stereocenters. The minimum Gasteiger partial charge on any atom is -0.464 e. The van der Waals surface area contributed by atoms with E-state index in [1.807, 2.05) is 0 Å². The van der Waals surface area contributed by atoms with Crippen LogP contribution >= 0.6 is 11.8 Å². The molecule has 0 spiro atoms. The van der Waals surface area contributed by atoms with E-state index in [1.165, 1.54) is 16.7 Å². The van der Waals surface area contributed by atoms with Crippen molar-refractivity contribution >= 4 is 11.8 Å². The van der Waals surface area contributed by atoms with Gasteiger partial charge in [-0.25, -0.2) is 0 Å². The monoisotopic (exact) mass is 289 g/mol. The summed E-state index contributed by atoms with van der Waals surface area (Å²) < 4.78 is 5.78. The van der Waals surface area contributed by atoms with Gasteiger partial charge in [0.2, 0.25) is 0 Å². The largest absolute Gasteiger partial charge is 0.464 e. The number of benzene rings is 1. The zero-order valence-corrected chi connectivity index (χ0v) is 13.5. The van der Waals surface area contributed by atoms with E-state index in [-0.39, 0.29) is 0 Å². The zero-order chi connectivity index (χ0) is 14.5. The van der Waals surface area contributed by atoms with Crippen LogP contribution in [-0.2, 0) is 12.3 Å². The molecule has 0 bridgehead atoms. The summed E-state index contributed by atoms with van der Waals surface area (Å²) in [6.45, 7) is 7.27. The molecule has 0 aliphatic carbocycles. The maximum Gasteiger partial charge on any atom is 0.118 e. The molecule has 2 aromatic rings. The Morgan fingerprint density at radius 2 is 1.90 bits per heavy atom. The molecular formula is C17H23NOS. The lowest BCUT2D eigenvalue weighted by Crippen LogP contribution is -2.18. The third-order valence-electron chi connectivity index (χ3n) is 3.49. The normalized spacial score (nSPS) is 12.6. The van der Waals surface area contributed by atoms with E-state index >= 15 is 0 Å². The van der Waals surface area contributed by atoms with Crippen LogP contribution in [0, 0.1) is 13.8 Å². The van der Waals surface area contributed by atoms with E-state index < -0.39 is 0 Å². The minimum atomic E-state index is 0.323. The van der Waals surface area contributed by atoms with Gasteiger partial charge in [0.05, 0.1) is 12.3 Å².